The molecule has 7 heteroatoms. The molecule has 0 aromatic carbocycles. The van der Waals surface area contributed by atoms with Crippen LogP contribution in [0.4, 0.5) is 0 Å². The van der Waals surface area contributed by atoms with Gasteiger partial charge in [-0.2, -0.15) is 5.10 Å². The van der Waals surface area contributed by atoms with Crippen molar-refractivity contribution < 1.29 is 14.6 Å². The molecule has 1 saturated heterocycles. The molecular formula is C11H16BrN3O3. The van der Waals surface area contributed by atoms with Crippen LogP contribution >= 0.6 is 15.9 Å². The number of ether oxygens (including phenoxy) is 1. The van der Waals surface area contributed by atoms with Crippen molar-refractivity contribution >= 4 is 21.8 Å². The fraction of sp³-hybridized carbons (Fsp3) is 0.636. The molecule has 1 aliphatic heterocycles. The first kappa shape index (κ1) is 13.5. The van der Waals surface area contributed by atoms with Crippen LogP contribution in [-0.4, -0.2) is 47.6 Å². The van der Waals surface area contributed by atoms with Crippen molar-refractivity contribution in [1.29, 1.82) is 0 Å². The molecule has 100 valence electrons. The normalized spacial score (nSPS) is 17.3. The van der Waals surface area contributed by atoms with E-state index in [2.05, 4.69) is 31.4 Å². The van der Waals surface area contributed by atoms with Crippen molar-refractivity contribution in [3.05, 3.63) is 15.9 Å². The van der Waals surface area contributed by atoms with E-state index in [-0.39, 0.29) is 17.9 Å². The van der Waals surface area contributed by atoms with Crippen LogP contribution in [0.25, 0.3) is 0 Å². The molecule has 0 atom stereocenters. The monoisotopic (exact) mass is 317 g/mol. The van der Waals surface area contributed by atoms with Crippen LogP contribution in [0.1, 0.15) is 23.1 Å². The number of rotatable bonds is 5. The molecule has 1 aliphatic rings. The average Bonchev–Trinajstić information content (AvgIpc) is 2.69. The summed E-state index contributed by atoms with van der Waals surface area (Å²) in [5.41, 5.74) is 0.913. The SMILES string of the molecule is CCc1[nH]nc(C(=O)NCC2(CO)COC2)c1Br. The first-order valence-corrected chi connectivity index (χ1v) is 6.61. The molecule has 0 radical (unpaired) electrons. The molecule has 1 amide bonds. The van der Waals surface area contributed by atoms with Gasteiger partial charge in [0.1, 0.15) is 0 Å². The molecule has 0 unspecified atom stereocenters. The van der Waals surface area contributed by atoms with Crippen LogP contribution in [0.3, 0.4) is 0 Å². The summed E-state index contributed by atoms with van der Waals surface area (Å²) in [4.78, 5) is 12.0. The van der Waals surface area contributed by atoms with Gasteiger partial charge < -0.3 is 15.2 Å². The highest BCUT2D eigenvalue weighted by Crippen LogP contribution is 2.26. The zero-order valence-corrected chi connectivity index (χ0v) is 11.7. The molecule has 1 fully saturated rings. The number of aromatic nitrogens is 2. The Labute approximate surface area is 113 Å². The molecule has 1 aromatic heterocycles. The van der Waals surface area contributed by atoms with Gasteiger partial charge in [0, 0.05) is 12.2 Å². The predicted octanol–water partition coefficient (Wildman–Crippen LogP) is 0.473. The maximum absolute atomic E-state index is 12.0. The van der Waals surface area contributed by atoms with Gasteiger partial charge in [0.05, 0.1) is 29.7 Å². The van der Waals surface area contributed by atoms with Gasteiger partial charge >= 0.3 is 0 Å². The van der Waals surface area contributed by atoms with E-state index in [0.29, 0.717) is 29.9 Å². The summed E-state index contributed by atoms with van der Waals surface area (Å²) in [6, 6.07) is 0. The van der Waals surface area contributed by atoms with Crippen molar-refractivity contribution in [2.75, 3.05) is 26.4 Å². The molecule has 2 rings (SSSR count). The number of aliphatic hydroxyl groups is 1. The highest BCUT2D eigenvalue weighted by atomic mass is 79.9. The Morgan fingerprint density at radius 1 is 1.67 bits per heavy atom. The van der Waals surface area contributed by atoms with Gasteiger partial charge in [0.25, 0.3) is 5.91 Å². The minimum Gasteiger partial charge on any atom is -0.396 e. The lowest BCUT2D eigenvalue weighted by atomic mass is 9.87. The summed E-state index contributed by atoms with van der Waals surface area (Å²) in [5.74, 6) is -0.252. The second-order valence-electron chi connectivity index (χ2n) is 4.55. The number of amides is 1. The molecule has 2 heterocycles. The van der Waals surface area contributed by atoms with E-state index in [1.807, 2.05) is 6.92 Å². The maximum atomic E-state index is 12.0. The summed E-state index contributed by atoms with van der Waals surface area (Å²) < 4.78 is 5.77. The lowest BCUT2D eigenvalue weighted by molar-refractivity contribution is -0.133. The van der Waals surface area contributed by atoms with Gasteiger partial charge in [-0.25, -0.2) is 0 Å². The van der Waals surface area contributed by atoms with Crippen molar-refractivity contribution in [3.63, 3.8) is 0 Å². The summed E-state index contributed by atoms with van der Waals surface area (Å²) in [6.45, 7) is 3.34. The van der Waals surface area contributed by atoms with Gasteiger partial charge in [0.15, 0.2) is 5.69 Å². The second kappa shape index (κ2) is 5.38. The van der Waals surface area contributed by atoms with E-state index < -0.39 is 0 Å². The number of nitrogens with one attached hydrogen (secondary N) is 2. The second-order valence-corrected chi connectivity index (χ2v) is 5.34. The molecule has 18 heavy (non-hydrogen) atoms. The Morgan fingerprint density at radius 2 is 2.39 bits per heavy atom. The summed E-state index contributed by atoms with van der Waals surface area (Å²) in [5, 5.41) is 18.8. The minimum atomic E-state index is -0.327. The van der Waals surface area contributed by atoms with Crippen molar-refractivity contribution in [3.8, 4) is 0 Å². The van der Waals surface area contributed by atoms with Crippen LogP contribution in [0.15, 0.2) is 4.47 Å². The van der Waals surface area contributed by atoms with Gasteiger partial charge in [-0.1, -0.05) is 6.92 Å². The van der Waals surface area contributed by atoms with E-state index >= 15 is 0 Å². The third-order valence-corrected chi connectivity index (χ3v) is 3.97. The first-order chi connectivity index (χ1) is 8.62. The van der Waals surface area contributed by atoms with Crippen LogP contribution in [-0.2, 0) is 11.2 Å². The van der Waals surface area contributed by atoms with Gasteiger partial charge in [-0.05, 0) is 22.4 Å². The van der Waals surface area contributed by atoms with Crippen molar-refractivity contribution in [2.45, 2.75) is 13.3 Å². The Balaban J connectivity index is 1.97. The Morgan fingerprint density at radius 3 is 2.83 bits per heavy atom. The quantitative estimate of drug-likeness (QED) is 0.737. The Hall–Kier alpha value is -0.920. The number of hydrogen-bond acceptors (Lipinski definition) is 4. The molecule has 3 N–H and O–H groups in total. The highest BCUT2D eigenvalue weighted by molar-refractivity contribution is 9.10. The minimum absolute atomic E-state index is 0.00915. The molecule has 6 nitrogen and oxygen atoms in total. The van der Waals surface area contributed by atoms with Gasteiger partial charge in [-0.3, -0.25) is 9.89 Å². The lowest BCUT2D eigenvalue weighted by Gasteiger charge is -2.39. The number of halogens is 1. The number of H-pyrrole nitrogens is 1. The molecule has 1 aromatic rings. The highest BCUT2D eigenvalue weighted by Gasteiger charge is 2.38. The van der Waals surface area contributed by atoms with Crippen LogP contribution in [0.5, 0.6) is 0 Å². The van der Waals surface area contributed by atoms with Crippen molar-refractivity contribution in [2.24, 2.45) is 5.41 Å². The summed E-state index contributed by atoms with van der Waals surface area (Å²) in [7, 11) is 0. The van der Waals surface area contributed by atoms with Gasteiger partial charge in [-0.15, -0.1) is 0 Å². The van der Waals surface area contributed by atoms with Crippen molar-refractivity contribution in [1.82, 2.24) is 15.5 Å². The zero-order valence-electron chi connectivity index (χ0n) is 10.1. The molecule has 0 aliphatic carbocycles. The van der Waals surface area contributed by atoms with E-state index in [0.717, 1.165) is 12.1 Å². The number of aliphatic hydroxyl groups excluding tert-OH is 1. The standard InChI is InChI=1S/C11H16BrN3O3/c1-2-7-8(12)9(15-14-7)10(17)13-3-11(4-16)5-18-6-11/h16H,2-6H2,1H3,(H,13,17)(H,14,15). The number of aromatic amines is 1. The summed E-state index contributed by atoms with van der Waals surface area (Å²) >= 11 is 3.35. The Bertz CT molecular complexity index is 437. The van der Waals surface area contributed by atoms with E-state index in [1.54, 1.807) is 0 Å². The third-order valence-electron chi connectivity index (χ3n) is 3.12. The maximum Gasteiger partial charge on any atom is 0.272 e. The van der Waals surface area contributed by atoms with Crippen LogP contribution in [0.2, 0.25) is 0 Å². The number of aryl methyl sites for hydroxylation is 1. The topological polar surface area (TPSA) is 87.2 Å². The van der Waals surface area contributed by atoms with E-state index in [4.69, 9.17) is 4.74 Å². The fourth-order valence-corrected chi connectivity index (χ4v) is 2.38. The first-order valence-electron chi connectivity index (χ1n) is 5.81. The number of hydrogen-bond donors (Lipinski definition) is 3. The lowest BCUT2D eigenvalue weighted by Crippen LogP contribution is -2.53. The van der Waals surface area contributed by atoms with E-state index in [9.17, 15) is 9.90 Å². The van der Waals surface area contributed by atoms with Crippen LogP contribution in [0, 0.1) is 5.41 Å². The van der Waals surface area contributed by atoms with Crippen LogP contribution < -0.4 is 5.32 Å². The largest absolute Gasteiger partial charge is 0.396 e. The smallest absolute Gasteiger partial charge is 0.272 e. The number of nitrogens with zero attached hydrogens (tertiary/aromatic N) is 1. The molecule has 0 saturated carbocycles. The molecular weight excluding hydrogens is 302 g/mol. The fourth-order valence-electron chi connectivity index (χ4n) is 1.74. The zero-order chi connectivity index (χ0) is 13.2. The molecule has 0 bridgehead atoms. The van der Waals surface area contributed by atoms with E-state index in [1.165, 1.54) is 0 Å². The predicted molar refractivity (Wildman–Crippen MR) is 68.3 cm³/mol. The summed E-state index contributed by atoms with van der Waals surface area (Å²) in [6.07, 6.45) is 0.773. The number of carbonyl (C=O) groups is 1. The van der Waals surface area contributed by atoms with Gasteiger partial charge in [0.2, 0.25) is 0 Å². The third kappa shape index (κ3) is 2.43. The average molecular weight is 318 g/mol. The molecule has 0 spiro atoms. The number of carbonyl (C=O) groups excluding carboxylic acids is 1. The Kier molecular flexibility index (Phi) is 4.04.